The van der Waals surface area contributed by atoms with Gasteiger partial charge in [-0.1, -0.05) is 23.7 Å². The molecule has 0 radical (unpaired) electrons. The molecule has 0 bridgehead atoms. The van der Waals surface area contributed by atoms with Gasteiger partial charge in [-0.15, -0.1) is 11.8 Å². The molecule has 0 spiro atoms. The molecule has 1 amide bonds. The summed E-state index contributed by atoms with van der Waals surface area (Å²) in [7, 11) is 1.65. The predicted molar refractivity (Wildman–Crippen MR) is 96.5 cm³/mol. The Balaban J connectivity index is 1.78. The highest BCUT2D eigenvalue weighted by molar-refractivity contribution is 8.00. The van der Waals surface area contributed by atoms with Crippen LogP contribution in [0.25, 0.3) is 0 Å². The standard InChI is InChI=1S/C18H20ClNO2S/c1-13(10-14-4-3-5-16(11-14)22-2)20-18(21)12-23-17-8-6-15(19)7-9-17/h3-9,11,13H,10,12H2,1-2H3,(H,20,21). The summed E-state index contributed by atoms with van der Waals surface area (Å²) in [5.41, 5.74) is 1.14. The van der Waals surface area contributed by atoms with E-state index in [0.29, 0.717) is 10.8 Å². The molecule has 122 valence electrons. The van der Waals surface area contributed by atoms with Crippen LogP contribution in [-0.2, 0) is 11.2 Å². The third-order valence-corrected chi connectivity index (χ3v) is 4.53. The normalized spacial score (nSPS) is 11.8. The van der Waals surface area contributed by atoms with E-state index in [-0.39, 0.29) is 11.9 Å². The number of ether oxygens (including phenoxy) is 1. The smallest absolute Gasteiger partial charge is 0.230 e. The molecule has 0 saturated heterocycles. The lowest BCUT2D eigenvalue weighted by atomic mass is 10.1. The first kappa shape index (κ1) is 17.7. The van der Waals surface area contributed by atoms with Crippen LogP contribution in [0.15, 0.2) is 53.4 Å². The van der Waals surface area contributed by atoms with E-state index in [1.165, 1.54) is 11.8 Å². The largest absolute Gasteiger partial charge is 0.497 e. The van der Waals surface area contributed by atoms with Gasteiger partial charge in [0.15, 0.2) is 0 Å². The number of benzene rings is 2. The molecule has 0 aromatic heterocycles. The highest BCUT2D eigenvalue weighted by Crippen LogP contribution is 2.20. The highest BCUT2D eigenvalue weighted by Gasteiger charge is 2.09. The van der Waals surface area contributed by atoms with Crippen LogP contribution in [0.3, 0.4) is 0 Å². The number of carbonyl (C=O) groups is 1. The van der Waals surface area contributed by atoms with E-state index < -0.39 is 0 Å². The quantitative estimate of drug-likeness (QED) is 0.762. The van der Waals surface area contributed by atoms with Gasteiger partial charge in [0.2, 0.25) is 5.91 Å². The SMILES string of the molecule is COc1cccc(CC(C)NC(=O)CSc2ccc(Cl)cc2)c1. The van der Waals surface area contributed by atoms with Crippen molar-refractivity contribution in [2.45, 2.75) is 24.3 Å². The number of thioether (sulfide) groups is 1. The molecule has 0 saturated carbocycles. The molecule has 0 aliphatic heterocycles. The molecular weight excluding hydrogens is 330 g/mol. The van der Waals surface area contributed by atoms with Crippen molar-refractivity contribution < 1.29 is 9.53 Å². The van der Waals surface area contributed by atoms with Crippen molar-refractivity contribution in [3.63, 3.8) is 0 Å². The van der Waals surface area contributed by atoms with Gasteiger partial charge in [0, 0.05) is 16.0 Å². The average molecular weight is 350 g/mol. The molecule has 2 aromatic rings. The Labute approximate surface area is 146 Å². The maximum Gasteiger partial charge on any atom is 0.230 e. The predicted octanol–water partition coefficient (Wildman–Crippen LogP) is 4.19. The number of carbonyl (C=O) groups excluding carboxylic acids is 1. The first-order valence-corrected chi connectivity index (χ1v) is 8.74. The van der Waals surface area contributed by atoms with E-state index in [1.807, 2.05) is 55.5 Å². The van der Waals surface area contributed by atoms with E-state index in [9.17, 15) is 4.79 Å². The van der Waals surface area contributed by atoms with Crippen LogP contribution in [0, 0.1) is 0 Å². The molecule has 0 aliphatic carbocycles. The number of methoxy groups -OCH3 is 1. The molecule has 1 unspecified atom stereocenters. The fourth-order valence-corrected chi connectivity index (χ4v) is 3.04. The van der Waals surface area contributed by atoms with Crippen LogP contribution in [0.4, 0.5) is 0 Å². The molecule has 0 aliphatic rings. The molecular formula is C18H20ClNO2S. The van der Waals surface area contributed by atoms with Gasteiger partial charge < -0.3 is 10.1 Å². The van der Waals surface area contributed by atoms with Crippen LogP contribution < -0.4 is 10.1 Å². The van der Waals surface area contributed by atoms with Crippen molar-refractivity contribution in [1.29, 1.82) is 0 Å². The minimum Gasteiger partial charge on any atom is -0.497 e. The fourth-order valence-electron chi connectivity index (χ4n) is 2.20. The van der Waals surface area contributed by atoms with Crippen molar-refractivity contribution in [2.75, 3.05) is 12.9 Å². The summed E-state index contributed by atoms with van der Waals surface area (Å²) in [6.45, 7) is 2.00. The van der Waals surface area contributed by atoms with E-state index >= 15 is 0 Å². The second-order valence-electron chi connectivity index (χ2n) is 5.27. The van der Waals surface area contributed by atoms with E-state index in [2.05, 4.69) is 5.32 Å². The minimum atomic E-state index is 0.0281. The zero-order chi connectivity index (χ0) is 16.7. The number of hydrogen-bond acceptors (Lipinski definition) is 3. The third kappa shape index (κ3) is 6.16. The van der Waals surface area contributed by atoms with Crippen LogP contribution >= 0.6 is 23.4 Å². The molecule has 2 rings (SSSR count). The highest BCUT2D eigenvalue weighted by atomic mass is 35.5. The number of amides is 1. The van der Waals surface area contributed by atoms with Crippen LogP contribution in [-0.4, -0.2) is 24.8 Å². The van der Waals surface area contributed by atoms with Gasteiger partial charge >= 0.3 is 0 Å². The molecule has 0 heterocycles. The van der Waals surface area contributed by atoms with Crippen molar-refractivity contribution in [3.8, 4) is 5.75 Å². The van der Waals surface area contributed by atoms with Crippen molar-refractivity contribution in [1.82, 2.24) is 5.32 Å². The summed E-state index contributed by atoms with van der Waals surface area (Å²) in [6, 6.07) is 15.5. The number of halogens is 1. The zero-order valence-electron chi connectivity index (χ0n) is 13.2. The van der Waals surface area contributed by atoms with E-state index in [0.717, 1.165) is 22.6 Å². The van der Waals surface area contributed by atoms with Crippen molar-refractivity contribution in [3.05, 3.63) is 59.1 Å². The Morgan fingerprint density at radius 3 is 2.70 bits per heavy atom. The second kappa shape index (κ2) is 8.85. The summed E-state index contributed by atoms with van der Waals surface area (Å²) in [6.07, 6.45) is 0.772. The average Bonchev–Trinajstić information content (AvgIpc) is 2.54. The van der Waals surface area contributed by atoms with Gasteiger partial charge in [0.05, 0.1) is 12.9 Å². The molecule has 5 heteroatoms. The first-order valence-electron chi connectivity index (χ1n) is 7.37. The Hall–Kier alpha value is -1.65. The molecule has 23 heavy (non-hydrogen) atoms. The molecule has 1 N–H and O–H groups in total. The zero-order valence-corrected chi connectivity index (χ0v) is 14.8. The van der Waals surface area contributed by atoms with Crippen LogP contribution in [0.5, 0.6) is 5.75 Å². The van der Waals surface area contributed by atoms with Crippen LogP contribution in [0.1, 0.15) is 12.5 Å². The Kier molecular flexibility index (Phi) is 6.81. The third-order valence-electron chi connectivity index (χ3n) is 3.27. The van der Waals surface area contributed by atoms with Gasteiger partial charge in [-0.25, -0.2) is 0 Å². The maximum absolute atomic E-state index is 12.0. The Morgan fingerprint density at radius 1 is 1.26 bits per heavy atom. The number of hydrogen-bond donors (Lipinski definition) is 1. The van der Waals surface area contributed by atoms with Crippen LogP contribution in [0.2, 0.25) is 5.02 Å². The molecule has 0 fully saturated rings. The Morgan fingerprint density at radius 2 is 2.00 bits per heavy atom. The maximum atomic E-state index is 12.0. The summed E-state index contributed by atoms with van der Waals surface area (Å²) in [5.74, 6) is 1.25. The fraction of sp³-hybridized carbons (Fsp3) is 0.278. The molecule has 3 nitrogen and oxygen atoms in total. The number of nitrogens with one attached hydrogen (secondary N) is 1. The lowest BCUT2D eigenvalue weighted by Crippen LogP contribution is -2.35. The monoisotopic (exact) mass is 349 g/mol. The topological polar surface area (TPSA) is 38.3 Å². The first-order chi connectivity index (χ1) is 11.1. The molecule has 2 aromatic carbocycles. The van der Waals surface area contributed by atoms with Crippen molar-refractivity contribution >= 4 is 29.3 Å². The van der Waals surface area contributed by atoms with E-state index in [4.69, 9.17) is 16.3 Å². The summed E-state index contributed by atoms with van der Waals surface area (Å²) in [5, 5.41) is 3.72. The Bertz CT molecular complexity index is 646. The lowest BCUT2D eigenvalue weighted by molar-refractivity contribution is -0.119. The van der Waals surface area contributed by atoms with Gasteiger partial charge in [-0.05, 0) is 55.3 Å². The van der Waals surface area contributed by atoms with Crippen molar-refractivity contribution in [2.24, 2.45) is 0 Å². The molecule has 1 atom stereocenters. The summed E-state index contributed by atoms with van der Waals surface area (Å²) >= 11 is 7.35. The van der Waals surface area contributed by atoms with Gasteiger partial charge in [-0.3, -0.25) is 4.79 Å². The van der Waals surface area contributed by atoms with E-state index in [1.54, 1.807) is 7.11 Å². The van der Waals surface area contributed by atoms with Gasteiger partial charge in [-0.2, -0.15) is 0 Å². The van der Waals surface area contributed by atoms with Gasteiger partial charge in [0.25, 0.3) is 0 Å². The summed E-state index contributed by atoms with van der Waals surface area (Å²) in [4.78, 5) is 13.1. The lowest BCUT2D eigenvalue weighted by Gasteiger charge is -2.14. The minimum absolute atomic E-state index is 0.0281. The van der Waals surface area contributed by atoms with Gasteiger partial charge in [0.1, 0.15) is 5.75 Å². The second-order valence-corrected chi connectivity index (χ2v) is 6.75. The number of rotatable bonds is 7. The summed E-state index contributed by atoms with van der Waals surface area (Å²) < 4.78 is 5.21.